The van der Waals surface area contributed by atoms with E-state index in [9.17, 15) is 4.79 Å². The zero-order valence-corrected chi connectivity index (χ0v) is 11.1. The summed E-state index contributed by atoms with van der Waals surface area (Å²) in [6.07, 6.45) is 3.80. The van der Waals surface area contributed by atoms with Gasteiger partial charge in [0, 0.05) is 52.0 Å². The third-order valence-electron chi connectivity index (χ3n) is 2.71. The van der Waals surface area contributed by atoms with E-state index in [2.05, 4.69) is 35.1 Å². The zero-order chi connectivity index (χ0) is 12.7. The van der Waals surface area contributed by atoms with Crippen LogP contribution in [0, 0.1) is 0 Å². The van der Waals surface area contributed by atoms with Gasteiger partial charge in [0.15, 0.2) is 0 Å². The van der Waals surface area contributed by atoms with Crippen LogP contribution in [0.3, 0.4) is 0 Å². The number of carbonyl (C=O) groups is 1. The van der Waals surface area contributed by atoms with Gasteiger partial charge in [0.2, 0.25) is 5.91 Å². The first-order chi connectivity index (χ1) is 8.15. The highest BCUT2D eigenvalue weighted by Gasteiger charge is 2.03. The van der Waals surface area contributed by atoms with Crippen molar-refractivity contribution < 1.29 is 4.79 Å². The molecule has 0 radical (unpaired) electrons. The Morgan fingerprint density at radius 2 is 2.24 bits per heavy atom. The second-order valence-corrected chi connectivity index (χ2v) is 4.41. The monoisotopic (exact) mass is 237 g/mol. The Bertz CT molecular complexity index is 344. The molecule has 17 heavy (non-hydrogen) atoms. The molecule has 0 bridgehead atoms. The first kappa shape index (κ1) is 13.8. The number of aromatic nitrogens is 1. The highest BCUT2D eigenvalue weighted by Crippen LogP contribution is 2.03. The Labute approximate surface area is 104 Å². The first-order valence-corrected chi connectivity index (χ1v) is 6.20. The third-order valence-corrected chi connectivity index (χ3v) is 2.71. The van der Waals surface area contributed by atoms with Gasteiger partial charge in [-0.2, -0.15) is 0 Å². The van der Waals surface area contributed by atoms with Crippen molar-refractivity contribution >= 4 is 5.91 Å². The van der Waals surface area contributed by atoms with Crippen LogP contribution < -0.4 is 5.32 Å². The highest BCUT2D eigenvalue weighted by molar-refractivity contribution is 5.75. The standard InChI is InChI=1S/C13H23N3O/c1-4-9-16-10-5-6-12(16)11-14-8-7-13(17)15(2)3/h5-6,10,14H,4,7-9,11H2,1-3H3. The van der Waals surface area contributed by atoms with E-state index in [0.29, 0.717) is 6.42 Å². The molecule has 1 amide bonds. The quantitative estimate of drug-likeness (QED) is 0.729. The maximum Gasteiger partial charge on any atom is 0.223 e. The van der Waals surface area contributed by atoms with Crippen molar-refractivity contribution in [1.29, 1.82) is 0 Å². The van der Waals surface area contributed by atoms with Gasteiger partial charge < -0.3 is 14.8 Å². The van der Waals surface area contributed by atoms with Crippen LogP contribution in [-0.4, -0.2) is 36.0 Å². The van der Waals surface area contributed by atoms with Gasteiger partial charge in [0.1, 0.15) is 0 Å². The van der Waals surface area contributed by atoms with Crippen LogP contribution in [0.1, 0.15) is 25.5 Å². The summed E-state index contributed by atoms with van der Waals surface area (Å²) in [4.78, 5) is 13.0. The Hall–Kier alpha value is -1.29. The molecule has 0 unspecified atom stereocenters. The van der Waals surface area contributed by atoms with Crippen molar-refractivity contribution in [2.75, 3.05) is 20.6 Å². The number of nitrogens with one attached hydrogen (secondary N) is 1. The Balaban J connectivity index is 2.26. The highest BCUT2D eigenvalue weighted by atomic mass is 16.2. The van der Waals surface area contributed by atoms with Gasteiger partial charge in [-0.15, -0.1) is 0 Å². The summed E-state index contributed by atoms with van der Waals surface area (Å²) in [5.74, 6) is 0.168. The lowest BCUT2D eigenvalue weighted by atomic mass is 10.3. The summed E-state index contributed by atoms with van der Waals surface area (Å²) < 4.78 is 2.25. The first-order valence-electron chi connectivity index (χ1n) is 6.20. The fourth-order valence-electron chi connectivity index (χ4n) is 1.70. The molecule has 0 aliphatic heterocycles. The maximum atomic E-state index is 11.4. The molecular weight excluding hydrogens is 214 g/mol. The van der Waals surface area contributed by atoms with Crippen molar-refractivity contribution in [3.8, 4) is 0 Å². The second-order valence-electron chi connectivity index (χ2n) is 4.41. The molecule has 0 spiro atoms. The van der Waals surface area contributed by atoms with Crippen LogP contribution in [0.2, 0.25) is 0 Å². The Morgan fingerprint density at radius 1 is 1.47 bits per heavy atom. The number of nitrogens with zero attached hydrogens (tertiary/aromatic N) is 2. The second kappa shape index (κ2) is 7.12. The van der Waals surface area contributed by atoms with E-state index in [1.54, 1.807) is 19.0 Å². The molecule has 0 saturated heterocycles. The Morgan fingerprint density at radius 3 is 2.88 bits per heavy atom. The molecule has 1 heterocycles. The van der Waals surface area contributed by atoms with Crippen molar-refractivity contribution in [3.63, 3.8) is 0 Å². The van der Waals surface area contributed by atoms with E-state index in [1.807, 2.05) is 0 Å². The third kappa shape index (κ3) is 4.61. The minimum atomic E-state index is 0.168. The lowest BCUT2D eigenvalue weighted by molar-refractivity contribution is -0.128. The van der Waals surface area contributed by atoms with Crippen LogP contribution in [0.5, 0.6) is 0 Å². The molecule has 4 heteroatoms. The van der Waals surface area contributed by atoms with Crippen molar-refractivity contribution in [1.82, 2.24) is 14.8 Å². The van der Waals surface area contributed by atoms with E-state index < -0.39 is 0 Å². The average Bonchev–Trinajstić information content (AvgIpc) is 2.72. The molecule has 4 nitrogen and oxygen atoms in total. The molecule has 96 valence electrons. The lowest BCUT2D eigenvalue weighted by Gasteiger charge is -2.11. The molecule has 0 fully saturated rings. The molecule has 0 aliphatic rings. The van der Waals surface area contributed by atoms with Crippen molar-refractivity contribution in [2.24, 2.45) is 0 Å². The van der Waals surface area contributed by atoms with Crippen LogP contribution in [0.15, 0.2) is 18.3 Å². The van der Waals surface area contributed by atoms with Crippen LogP contribution >= 0.6 is 0 Å². The number of amides is 1. The average molecular weight is 237 g/mol. The molecule has 0 aliphatic carbocycles. The van der Waals surface area contributed by atoms with Crippen molar-refractivity contribution in [3.05, 3.63) is 24.0 Å². The summed E-state index contributed by atoms with van der Waals surface area (Å²) in [7, 11) is 3.57. The smallest absolute Gasteiger partial charge is 0.223 e. The minimum Gasteiger partial charge on any atom is -0.350 e. The molecule has 0 aromatic carbocycles. The fourth-order valence-corrected chi connectivity index (χ4v) is 1.70. The Kier molecular flexibility index (Phi) is 5.77. The molecular formula is C13H23N3O. The number of carbonyl (C=O) groups excluding carboxylic acids is 1. The van der Waals surface area contributed by atoms with Crippen LogP contribution in [-0.2, 0) is 17.9 Å². The zero-order valence-electron chi connectivity index (χ0n) is 11.1. The van der Waals surface area contributed by atoms with Gasteiger partial charge in [-0.3, -0.25) is 4.79 Å². The summed E-state index contributed by atoms with van der Waals surface area (Å²) in [5.41, 5.74) is 1.28. The van der Waals surface area contributed by atoms with E-state index in [-0.39, 0.29) is 5.91 Å². The number of hydrogen-bond donors (Lipinski definition) is 1. The van der Waals surface area contributed by atoms with Crippen LogP contribution in [0.25, 0.3) is 0 Å². The normalized spacial score (nSPS) is 10.5. The molecule has 1 rings (SSSR count). The number of hydrogen-bond acceptors (Lipinski definition) is 2. The van der Waals surface area contributed by atoms with E-state index >= 15 is 0 Å². The summed E-state index contributed by atoms with van der Waals surface area (Å²) in [6.45, 7) is 4.79. The van der Waals surface area contributed by atoms with E-state index in [1.165, 1.54) is 5.69 Å². The molecule has 1 N–H and O–H groups in total. The van der Waals surface area contributed by atoms with Gasteiger partial charge in [0.25, 0.3) is 0 Å². The van der Waals surface area contributed by atoms with Crippen molar-refractivity contribution in [2.45, 2.75) is 32.9 Å². The molecule has 1 aromatic rings. The van der Waals surface area contributed by atoms with Gasteiger partial charge in [-0.05, 0) is 18.6 Å². The van der Waals surface area contributed by atoms with E-state index in [4.69, 9.17) is 0 Å². The summed E-state index contributed by atoms with van der Waals surface area (Å²) in [6, 6.07) is 4.19. The molecule has 0 atom stereocenters. The minimum absolute atomic E-state index is 0.168. The predicted molar refractivity (Wildman–Crippen MR) is 69.7 cm³/mol. The van der Waals surface area contributed by atoms with Gasteiger partial charge >= 0.3 is 0 Å². The molecule has 0 saturated carbocycles. The summed E-state index contributed by atoms with van der Waals surface area (Å²) in [5, 5.41) is 3.30. The van der Waals surface area contributed by atoms with E-state index in [0.717, 1.165) is 26.1 Å². The predicted octanol–water partition coefficient (Wildman–Crippen LogP) is 1.47. The number of rotatable bonds is 7. The number of aryl methyl sites for hydroxylation is 1. The van der Waals surface area contributed by atoms with Gasteiger partial charge in [0.05, 0.1) is 0 Å². The fraction of sp³-hybridized carbons (Fsp3) is 0.615. The largest absolute Gasteiger partial charge is 0.350 e. The summed E-state index contributed by atoms with van der Waals surface area (Å²) >= 11 is 0. The SMILES string of the molecule is CCCn1cccc1CNCCC(=O)N(C)C. The lowest BCUT2D eigenvalue weighted by Crippen LogP contribution is -2.26. The topological polar surface area (TPSA) is 37.3 Å². The van der Waals surface area contributed by atoms with Gasteiger partial charge in [-0.25, -0.2) is 0 Å². The molecule has 1 aromatic heterocycles. The van der Waals surface area contributed by atoms with Crippen LogP contribution in [0.4, 0.5) is 0 Å². The maximum absolute atomic E-state index is 11.4. The van der Waals surface area contributed by atoms with Gasteiger partial charge in [-0.1, -0.05) is 6.92 Å².